The second-order valence-corrected chi connectivity index (χ2v) is 5.15. The van der Waals surface area contributed by atoms with E-state index in [9.17, 15) is 13.2 Å². The van der Waals surface area contributed by atoms with Gasteiger partial charge in [-0.1, -0.05) is 28.1 Å². The summed E-state index contributed by atoms with van der Waals surface area (Å²) in [5.41, 5.74) is -0.165. The van der Waals surface area contributed by atoms with Gasteiger partial charge in [-0.15, -0.1) is 0 Å². The van der Waals surface area contributed by atoms with Crippen molar-refractivity contribution in [3.8, 4) is 11.8 Å². The van der Waals surface area contributed by atoms with Crippen molar-refractivity contribution in [1.29, 1.82) is 5.26 Å². The molecule has 0 atom stereocenters. The van der Waals surface area contributed by atoms with Crippen molar-refractivity contribution in [3.05, 3.63) is 63.6 Å². The van der Waals surface area contributed by atoms with Crippen LogP contribution in [0.5, 0.6) is 5.75 Å². The molecule has 0 spiro atoms. The normalized spacial score (nSPS) is 11.0. The second-order valence-electron chi connectivity index (χ2n) is 4.24. The third-order valence-electron chi connectivity index (χ3n) is 2.71. The minimum atomic E-state index is -4.48. The predicted octanol–water partition coefficient (Wildman–Crippen LogP) is 4.92. The Kier molecular flexibility index (Phi) is 4.53. The van der Waals surface area contributed by atoms with Crippen LogP contribution in [-0.4, -0.2) is 0 Å². The van der Waals surface area contributed by atoms with E-state index in [2.05, 4.69) is 15.9 Å². The number of nitriles is 1. The molecule has 0 heterocycles. The topological polar surface area (TPSA) is 33.0 Å². The van der Waals surface area contributed by atoms with Crippen LogP contribution >= 0.6 is 15.9 Å². The lowest BCUT2D eigenvalue weighted by atomic mass is 10.1. The number of hydrogen-bond donors (Lipinski definition) is 0. The fourth-order valence-corrected chi connectivity index (χ4v) is 2.15. The number of benzene rings is 2. The lowest BCUT2D eigenvalue weighted by molar-refractivity contribution is -0.137. The molecule has 108 valence electrons. The van der Waals surface area contributed by atoms with Crippen molar-refractivity contribution in [2.75, 3.05) is 0 Å². The molecule has 0 N–H and O–H groups in total. The van der Waals surface area contributed by atoms with Gasteiger partial charge in [0.25, 0.3) is 0 Å². The highest BCUT2D eigenvalue weighted by Crippen LogP contribution is 2.32. The first-order valence-electron chi connectivity index (χ1n) is 5.89. The van der Waals surface area contributed by atoms with E-state index in [0.717, 1.165) is 22.2 Å². The largest absolute Gasteiger partial charge is 0.488 e. The monoisotopic (exact) mass is 355 g/mol. The summed E-state index contributed by atoms with van der Waals surface area (Å²) >= 11 is 3.31. The van der Waals surface area contributed by atoms with E-state index in [1.165, 1.54) is 6.07 Å². The third kappa shape index (κ3) is 3.99. The molecule has 0 bridgehead atoms. The lowest BCUT2D eigenvalue weighted by Gasteiger charge is -2.11. The molecule has 2 aromatic rings. The summed E-state index contributed by atoms with van der Waals surface area (Å²) in [6, 6.07) is 11.9. The molecule has 0 fully saturated rings. The highest BCUT2D eigenvalue weighted by atomic mass is 79.9. The number of alkyl halides is 3. The van der Waals surface area contributed by atoms with Gasteiger partial charge in [0.1, 0.15) is 18.4 Å². The van der Waals surface area contributed by atoms with E-state index < -0.39 is 11.7 Å². The van der Waals surface area contributed by atoms with E-state index in [1.54, 1.807) is 6.07 Å². The summed E-state index contributed by atoms with van der Waals surface area (Å²) in [4.78, 5) is 0. The number of hydrogen-bond acceptors (Lipinski definition) is 2. The van der Waals surface area contributed by atoms with E-state index in [-0.39, 0.29) is 17.9 Å². The fourth-order valence-electron chi connectivity index (χ4n) is 1.71. The minimum Gasteiger partial charge on any atom is -0.488 e. The van der Waals surface area contributed by atoms with Gasteiger partial charge in [-0.25, -0.2) is 0 Å². The van der Waals surface area contributed by atoms with E-state index in [0.29, 0.717) is 0 Å². The van der Waals surface area contributed by atoms with Crippen LogP contribution in [0.15, 0.2) is 46.9 Å². The van der Waals surface area contributed by atoms with Crippen LogP contribution in [0.2, 0.25) is 0 Å². The standard InChI is InChI=1S/C15H9BrF3NO/c16-13-3-1-2-10(6-13)9-21-14-5-4-12(15(17,18)19)7-11(14)8-20/h1-7H,9H2. The van der Waals surface area contributed by atoms with Crippen LogP contribution in [0.25, 0.3) is 0 Å². The van der Waals surface area contributed by atoms with Gasteiger partial charge in [0, 0.05) is 4.47 Å². The average Bonchev–Trinajstić information content (AvgIpc) is 2.44. The molecule has 6 heteroatoms. The van der Waals surface area contributed by atoms with E-state index in [4.69, 9.17) is 10.00 Å². The molecule has 2 rings (SSSR count). The molecule has 0 aliphatic rings. The maximum Gasteiger partial charge on any atom is 0.416 e. The zero-order valence-electron chi connectivity index (χ0n) is 10.6. The van der Waals surface area contributed by atoms with Crippen LogP contribution in [0.4, 0.5) is 13.2 Å². The van der Waals surface area contributed by atoms with Gasteiger partial charge < -0.3 is 4.74 Å². The number of nitrogens with zero attached hydrogens (tertiary/aromatic N) is 1. The van der Waals surface area contributed by atoms with Gasteiger partial charge in [0.15, 0.2) is 0 Å². The molecular formula is C15H9BrF3NO. The maximum atomic E-state index is 12.6. The fraction of sp³-hybridized carbons (Fsp3) is 0.133. The summed E-state index contributed by atoms with van der Waals surface area (Å²) in [6.45, 7) is 0.166. The molecule has 2 aromatic carbocycles. The zero-order chi connectivity index (χ0) is 15.5. The van der Waals surface area contributed by atoms with Crippen molar-refractivity contribution in [2.24, 2.45) is 0 Å². The van der Waals surface area contributed by atoms with Crippen LogP contribution < -0.4 is 4.74 Å². The predicted molar refractivity (Wildman–Crippen MR) is 74.6 cm³/mol. The quantitative estimate of drug-likeness (QED) is 0.782. The Labute approximate surface area is 127 Å². The van der Waals surface area contributed by atoms with Gasteiger partial charge in [-0.2, -0.15) is 18.4 Å². The van der Waals surface area contributed by atoms with Crippen molar-refractivity contribution >= 4 is 15.9 Å². The second kappa shape index (κ2) is 6.19. The highest BCUT2D eigenvalue weighted by molar-refractivity contribution is 9.10. The first-order chi connectivity index (χ1) is 9.90. The van der Waals surface area contributed by atoms with Crippen LogP contribution in [0.3, 0.4) is 0 Å². The Morgan fingerprint density at radius 2 is 1.90 bits per heavy atom. The van der Waals surface area contributed by atoms with Gasteiger partial charge in [-0.3, -0.25) is 0 Å². The van der Waals surface area contributed by atoms with Crippen LogP contribution in [-0.2, 0) is 12.8 Å². The molecule has 0 radical (unpaired) electrons. The Balaban J connectivity index is 2.19. The molecular weight excluding hydrogens is 347 g/mol. The number of ether oxygens (including phenoxy) is 1. The van der Waals surface area contributed by atoms with Gasteiger partial charge >= 0.3 is 6.18 Å². The van der Waals surface area contributed by atoms with E-state index in [1.807, 2.05) is 24.3 Å². The van der Waals surface area contributed by atoms with E-state index >= 15 is 0 Å². The van der Waals surface area contributed by atoms with Crippen LogP contribution in [0, 0.1) is 11.3 Å². The van der Waals surface area contributed by atoms with Gasteiger partial charge in [0.05, 0.1) is 11.1 Å². The Bertz CT molecular complexity index is 692. The van der Waals surface area contributed by atoms with Crippen molar-refractivity contribution in [1.82, 2.24) is 0 Å². The highest BCUT2D eigenvalue weighted by Gasteiger charge is 2.31. The Hall–Kier alpha value is -2.00. The van der Waals surface area contributed by atoms with Crippen LogP contribution in [0.1, 0.15) is 16.7 Å². The smallest absolute Gasteiger partial charge is 0.416 e. The number of rotatable bonds is 3. The summed E-state index contributed by atoms with van der Waals surface area (Å²) in [5.74, 6) is 0.130. The van der Waals surface area contributed by atoms with Gasteiger partial charge in [-0.05, 0) is 35.9 Å². The molecule has 0 aliphatic heterocycles. The van der Waals surface area contributed by atoms with Gasteiger partial charge in [0.2, 0.25) is 0 Å². The minimum absolute atomic E-state index is 0.130. The maximum absolute atomic E-state index is 12.6. The summed E-state index contributed by atoms with van der Waals surface area (Å²) < 4.78 is 44.0. The first kappa shape index (κ1) is 15.4. The Morgan fingerprint density at radius 3 is 2.52 bits per heavy atom. The molecule has 0 amide bonds. The lowest BCUT2D eigenvalue weighted by Crippen LogP contribution is -2.06. The third-order valence-corrected chi connectivity index (χ3v) is 3.20. The molecule has 21 heavy (non-hydrogen) atoms. The Morgan fingerprint density at radius 1 is 1.14 bits per heavy atom. The molecule has 0 unspecified atom stereocenters. The van der Waals surface area contributed by atoms with Crippen molar-refractivity contribution in [3.63, 3.8) is 0 Å². The summed E-state index contributed by atoms with van der Waals surface area (Å²) in [6.07, 6.45) is -4.48. The summed E-state index contributed by atoms with van der Waals surface area (Å²) in [5, 5.41) is 8.95. The van der Waals surface area contributed by atoms with Crippen molar-refractivity contribution < 1.29 is 17.9 Å². The molecule has 2 nitrogen and oxygen atoms in total. The first-order valence-corrected chi connectivity index (χ1v) is 6.68. The summed E-state index contributed by atoms with van der Waals surface area (Å²) in [7, 11) is 0. The SMILES string of the molecule is N#Cc1cc(C(F)(F)F)ccc1OCc1cccc(Br)c1. The zero-order valence-corrected chi connectivity index (χ0v) is 12.2. The molecule has 0 saturated heterocycles. The molecule has 0 aromatic heterocycles. The van der Waals surface area contributed by atoms with Crippen molar-refractivity contribution in [2.45, 2.75) is 12.8 Å². The average molecular weight is 356 g/mol. The number of halogens is 4. The molecule has 0 aliphatic carbocycles. The molecule has 0 saturated carbocycles.